The Bertz CT molecular complexity index is 906. The Hall–Kier alpha value is -3.48. The van der Waals surface area contributed by atoms with Crippen LogP contribution in [0.1, 0.15) is 19.2 Å². The van der Waals surface area contributed by atoms with Gasteiger partial charge in [0.25, 0.3) is 0 Å². The lowest BCUT2D eigenvalue weighted by Gasteiger charge is -2.07. The van der Waals surface area contributed by atoms with Crippen LogP contribution in [-0.2, 0) is 16.0 Å². The predicted octanol–water partition coefficient (Wildman–Crippen LogP) is 3.27. The van der Waals surface area contributed by atoms with E-state index in [0.717, 1.165) is 5.56 Å². The van der Waals surface area contributed by atoms with Crippen molar-refractivity contribution in [2.45, 2.75) is 19.8 Å². The number of hydrogen-bond donors (Lipinski definition) is 2. The van der Waals surface area contributed by atoms with E-state index >= 15 is 0 Å². The van der Waals surface area contributed by atoms with Crippen molar-refractivity contribution < 1.29 is 14.1 Å². The molecule has 0 aliphatic rings. The number of nitrogens with one attached hydrogen (secondary N) is 2. The smallest absolute Gasteiger partial charge is 0.227 e. The SMILES string of the molecule is CC(=O)Nc1cccc(NC(=O)CCc2nc(-c3ccccc3)no2)c1. The highest BCUT2D eigenvalue weighted by atomic mass is 16.5. The van der Waals surface area contributed by atoms with Crippen molar-refractivity contribution in [1.82, 2.24) is 10.1 Å². The van der Waals surface area contributed by atoms with E-state index in [1.165, 1.54) is 6.92 Å². The molecule has 132 valence electrons. The van der Waals surface area contributed by atoms with Gasteiger partial charge in [0.2, 0.25) is 23.5 Å². The summed E-state index contributed by atoms with van der Waals surface area (Å²) in [6, 6.07) is 16.4. The Labute approximate surface area is 150 Å². The number of carbonyl (C=O) groups is 2. The van der Waals surface area contributed by atoms with Crippen molar-refractivity contribution in [2.75, 3.05) is 10.6 Å². The van der Waals surface area contributed by atoms with Gasteiger partial charge in [-0.25, -0.2) is 0 Å². The van der Waals surface area contributed by atoms with E-state index in [9.17, 15) is 9.59 Å². The van der Waals surface area contributed by atoms with Gasteiger partial charge in [-0.05, 0) is 18.2 Å². The number of nitrogens with zero attached hydrogens (tertiary/aromatic N) is 2. The third-order valence-corrected chi connectivity index (χ3v) is 3.53. The Morgan fingerprint density at radius 1 is 1.00 bits per heavy atom. The van der Waals surface area contributed by atoms with Gasteiger partial charge in [-0.15, -0.1) is 0 Å². The number of benzene rings is 2. The summed E-state index contributed by atoms with van der Waals surface area (Å²) in [5, 5.41) is 9.38. The molecule has 1 heterocycles. The molecular formula is C19H18N4O3. The standard InChI is InChI=1S/C19H18N4O3/c1-13(24)20-15-8-5-9-16(12-15)21-17(25)10-11-18-22-19(23-26-18)14-6-3-2-4-7-14/h2-9,12H,10-11H2,1H3,(H,20,24)(H,21,25). The average Bonchev–Trinajstić information content (AvgIpc) is 3.09. The minimum Gasteiger partial charge on any atom is -0.339 e. The van der Waals surface area contributed by atoms with Crippen LogP contribution in [0.2, 0.25) is 0 Å². The fourth-order valence-corrected chi connectivity index (χ4v) is 2.38. The maximum Gasteiger partial charge on any atom is 0.227 e. The zero-order chi connectivity index (χ0) is 18.4. The lowest BCUT2D eigenvalue weighted by atomic mass is 10.2. The average molecular weight is 350 g/mol. The molecule has 0 atom stereocenters. The second kappa shape index (κ2) is 8.06. The lowest BCUT2D eigenvalue weighted by Crippen LogP contribution is -2.13. The van der Waals surface area contributed by atoms with E-state index in [4.69, 9.17) is 4.52 Å². The molecule has 1 aromatic heterocycles. The summed E-state index contributed by atoms with van der Waals surface area (Å²) >= 11 is 0. The molecule has 2 amide bonds. The molecule has 3 aromatic rings. The van der Waals surface area contributed by atoms with Crippen LogP contribution in [0.4, 0.5) is 11.4 Å². The predicted molar refractivity (Wildman–Crippen MR) is 97.4 cm³/mol. The minimum absolute atomic E-state index is 0.168. The summed E-state index contributed by atoms with van der Waals surface area (Å²) in [6.07, 6.45) is 0.553. The van der Waals surface area contributed by atoms with E-state index in [1.807, 2.05) is 30.3 Å². The van der Waals surface area contributed by atoms with Crippen LogP contribution in [0.5, 0.6) is 0 Å². The molecule has 0 unspecified atom stereocenters. The summed E-state index contributed by atoms with van der Waals surface area (Å²) in [5.41, 5.74) is 2.10. The van der Waals surface area contributed by atoms with Gasteiger partial charge in [-0.3, -0.25) is 9.59 Å². The fourth-order valence-electron chi connectivity index (χ4n) is 2.38. The number of aromatic nitrogens is 2. The first-order valence-electron chi connectivity index (χ1n) is 8.15. The number of anilines is 2. The lowest BCUT2D eigenvalue weighted by molar-refractivity contribution is -0.116. The highest BCUT2D eigenvalue weighted by Crippen LogP contribution is 2.17. The van der Waals surface area contributed by atoms with Gasteiger partial charge in [0, 0.05) is 36.7 Å². The second-order valence-corrected chi connectivity index (χ2v) is 5.69. The second-order valence-electron chi connectivity index (χ2n) is 5.69. The molecular weight excluding hydrogens is 332 g/mol. The molecule has 7 nitrogen and oxygen atoms in total. The summed E-state index contributed by atoms with van der Waals surface area (Å²) in [7, 11) is 0. The monoisotopic (exact) mass is 350 g/mol. The van der Waals surface area contributed by atoms with Gasteiger partial charge in [0.15, 0.2) is 0 Å². The van der Waals surface area contributed by atoms with Gasteiger partial charge in [0.1, 0.15) is 0 Å². The zero-order valence-corrected chi connectivity index (χ0v) is 14.2. The molecule has 2 N–H and O–H groups in total. The first-order valence-corrected chi connectivity index (χ1v) is 8.15. The van der Waals surface area contributed by atoms with Crippen LogP contribution in [0.3, 0.4) is 0 Å². The van der Waals surface area contributed by atoms with E-state index in [1.54, 1.807) is 24.3 Å². The molecule has 0 saturated carbocycles. The van der Waals surface area contributed by atoms with Crippen LogP contribution in [0, 0.1) is 0 Å². The Balaban J connectivity index is 1.55. The number of carbonyl (C=O) groups excluding carboxylic acids is 2. The van der Waals surface area contributed by atoms with Gasteiger partial charge < -0.3 is 15.2 Å². The van der Waals surface area contributed by atoms with Gasteiger partial charge >= 0.3 is 0 Å². The largest absolute Gasteiger partial charge is 0.339 e. The topological polar surface area (TPSA) is 97.1 Å². The maximum absolute atomic E-state index is 12.1. The third kappa shape index (κ3) is 4.76. The number of rotatable bonds is 6. The molecule has 26 heavy (non-hydrogen) atoms. The first kappa shape index (κ1) is 17.3. The van der Waals surface area contributed by atoms with Crippen LogP contribution >= 0.6 is 0 Å². The van der Waals surface area contributed by atoms with E-state index in [-0.39, 0.29) is 18.2 Å². The molecule has 0 aliphatic carbocycles. The number of amides is 2. The van der Waals surface area contributed by atoms with Crippen molar-refractivity contribution in [3.63, 3.8) is 0 Å². The maximum atomic E-state index is 12.1. The molecule has 3 rings (SSSR count). The Morgan fingerprint density at radius 3 is 2.46 bits per heavy atom. The summed E-state index contributed by atoms with van der Waals surface area (Å²) in [5.74, 6) is 0.568. The Morgan fingerprint density at radius 2 is 1.73 bits per heavy atom. The molecule has 0 radical (unpaired) electrons. The zero-order valence-electron chi connectivity index (χ0n) is 14.2. The highest BCUT2D eigenvalue weighted by molar-refractivity contribution is 5.93. The van der Waals surface area contributed by atoms with Gasteiger partial charge in [-0.2, -0.15) is 4.98 Å². The van der Waals surface area contributed by atoms with Crippen molar-refractivity contribution in [3.05, 3.63) is 60.5 Å². The van der Waals surface area contributed by atoms with Crippen molar-refractivity contribution >= 4 is 23.2 Å². The van der Waals surface area contributed by atoms with Crippen LogP contribution < -0.4 is 10.6 Å². The molecule has 0 aliphatic heterocycles. The molecule has 2 aromatic carbocycles. The van der Waals surface area contributed by atoms with Crippen molar-refractivity contribution in [3.8, 4) is 11.4 Å². The van der Waals surface area contributed by atoms with Crippen LogP contribution in [0.25, 0.3) is 11.4 Å². The summed E-state index contributed by atoms with van der Waals surface area (Å²) in [6.45, 7) is 1.43. The van der Waals surface area contributed by atoms with Gasteiger partial charge in [-0.1, -0.05) is 41.6 Å². The number of hydrogen-bond acceptors (Lipinski definition) is 5. The van der Waals surface area contributed by atoms with Crippen molar-refractivity contribution in [2.24, 2.45) is 0 Å². The van der Waals surface area contributed by atoms with E-state index in [0.29, 0.717) is 29.5 Å². The quantitative estimate of drug-likeness (QED) is 0.711. The fraction of sp³-hybridized carbons (Fsp3) is 0.158. The van der Waals surface area contributed by atoms with E-state index < -0.39 is 0 Å². The third-order valence-electron chi connectivity index (χ3n) is 3.53. The summed E-state index contributed by atoms with van der Waals surface area (Å²) in [4.78, 5) is 27.5. The van der Waals surface area contributed by atoms with Crippen LogP contribution in [0.15, 0.2) is 59.1 Å². The normalized spacial score (nSPS) is 10.3. The minimum atomic E-state index is -0.176. The molecule has 0 fully saturated rings. The number of aryl methyl sites for hydroxylation is 1. The first-order chi connectivity index (χ1) is 12.6. The summed E-state index contributed by atoms with van der Waals surface area (Å²) < 4.78 is 5.19. The Kier molecular flexibility index (Phi) is 5.38. The van der Waals surface area contributed by atoms with Gasteiger partial charge in [0.05, 0.1) is 0 Å². The van der Waals surface area contributed by atoms with E-state index in [2.05, 4.69) is 20.8 Å². The molecule has 7 heteroatoms. The van der Waals surface area contributed by atoms with Crippen LogP contribution in [-0.4, -0.2) is 22.0 Å². The highest BCUT2D eigenvalue weighted by Gasteiger charge is 2.11. The molecule has 0 spiro atoms. The molecule has 0 saturated heterocycles. The molecule has 0 bridgehead atoms. The van der Waals surface area contributed by atoms with Crippen molar-refractivity contribution in [1.29, 1.82) is 0 Å².